The van der Waals surface area contributed by atoms with Crippen LogP contribution in [-0.4, -0.2) is 73.4 Å². The zero-order valence-corrected chi connectivity index (χ0v) is 17.8. The summed E-state index contributed by atoms with van der Waals surface area (Å²) in [7, 11) is 1.83. The highest BCUT2D eigenvalue weighted by Gasteiger charge is 2.67. The highest BCUT2D eigenvalue weighted by Crippen LogP contribution is 2.53. The molecule has 4 aliphatic rings. The third kappa shape index (κ3) is 3.47. The highest BCUT2D eigenvalue weighted by molar-refractivity contribution is 6.03. The first-order valence-corrected chi connectivity index (χ1v) is 11.1. The van der Waals surface area contributed by atoms with Crippen molar-refractivity contribution in [2.45, 2.75) is 24.5 Å². The lowest BCUT2D eigenvalue weighted by Gasteiger charge is -2.28. The number of fused-ring (bicyclic) bond motifs is 1. The van der Waals surface area contributed by atoms with Crippen LogP contribution in [0.15, 0.2) is 36.4 Å². The number of benzene rings is 1. The molecule has 0 radical (unpaired) electrons. The Kier molecular flexibility index (Phi) is 5.34. The van der Waals surface area contributed by atoms with Crippen LogP contribution >= 0.6 is 0 Å². The van der Waals surface area contributed by atoms with Crippen LogP contribution in [0.4, 0.5) is 5.69 Å². The van der Waals surface area contributed by atoms with Crippen LogP contribution in [0.1, 0.15) is 12.0 Å². The van der Waals surface area contributed by atoms with E-state index >= 15 is 0 Å². The van der Waals surface area contributed by atoms with E-state index in [1.165, 1.54) is 0 Å². The van der Waals surface area contributed by atoms with Crippen molar-refractivity contribution >= 4 is 17.5 Å². The van der Waals surface area contributed by atoms with Crippen molar-refractivity contribution < 1.29 is 19.4 Å². The summed E-state index contributed by atoms with van der Waals surface area (Å²) in [4.78, 5) is 30.4. The molecule has 3 fully saturated rings. The monoisotopic (exact) mass is 426 g/mol. The van der Waals surface area contributed by atoms with E-state index in [1.54, 1.807) is 9.80 Å². The molecule has 31 heavy (non-hydrogen) atoms. The summed E-state index contributed by atoms with van der Waals surface area (Å²) >= 11 is 0. The largest absolute Gasteiger partial charge is 0.396 e. The average molecular weight is 427 g/mol. The van der Waals surface area contributed by atoms with Gasteiger partial charge < -0.3 is 19.6 Å². The van der Waals surface area contributed by atoms with Gasteiger partial charge in [0.2, 0.25) is 11.8 Å². The van der Waals surface area contributed by atoms with Gasteiger partial charge in [-0.3, -0.25) is 20.4 Å². The number of carbonyl (C=O) groups excluding carboxylic acids is 2. The number of carbonyl (C=O) groups is 2. The van der Waals surface area contributed by atoms with E-state index in [1.807, 2.05) is 43.5 Å². The Morgan fingerprint density at radius 3 is 2.74 bits per heavy atom. The van der Waals surface area contributed by atoms with E-state index in [0.717, 1.165) is 30.8 Å². The van der Waals surface area contributed by atoms with E-state index in [-0.39, 0.29) is 24.5 Å². The minimum Gasteiger partial charge on any atom is -0.396 e. The fourth-order valence-corrected chi connectivity index (χ4v) is 5.42. The molecule has 8 nitrogen and oxygen atoms in total. The lowest BCUT2D eigenvalue weighted by Crippen LogP contribution is -2.45. The Bertz CT molecular complexity index is 882. The van der Waals surface area contributed by atoms with Crippen LogP contribution in [0.2, 0.25) is 0 Å². The maximum atomic E-state index is 13.5. The summed E-state index contributed by atoms with van der Waals surface area (Å²) in [5.74, 6) is -0.494. The van der Waals surface area contributed by atoms with Crippen LogP contribution < -0.4 is 15.8 Å². The Hall–Kier alpha value is -2.26. The predicted octanol–water partition coefficient (Wildman–Crippen LogP) is 0.0803. The van der Waals surface area contributed by atoms with Crippen molar-refractivity contribution in [3.8, 4) is 0 Å². The SMILES string of the molecule is CN(CCC1CNNC1)C(=O)C1C2C(=O)N(c3ccc(CCO)cc3)C[C@]23C=C[C@H]1O3. The van der Waals surface area contributed by atoms with Crippen LogP contribution in [0.3, 0.4) is 0 Å². The highest BCUT2D eigenvalue weighted by atomic mass is 16.5. The number of hydrazine groups is 1. The number of nitrogens with zero attached hydrogens (tertiary/aromatic N) is 2. The molecule has 0 aliphatic carbocycles. The predicted molar refractivity (Wildman–Crippen MR) is 115 cm³/mol. The lowest BCUT2D eigenvalue weighted by atomic mass is 9.76. The van der Waals surface area contributed by atoms with Crippen LogP contribution in [0.25, 0.3) is 0 Å². The normalized spacial score (nSPS) is 31.6. The first-order valence-electron chi connectivity index (χ1n) is 11.1. The fraction of sp³-hybridized carbons (Fsp3) is 0.565. The van der Waals surface area contributed by atoms with Gasteiger partial charge in [-0.25, -0.2) is 0 Å². The molecule has 5 rings (SSSR count). The average Bonchev–Trinajstić information content (AvgIpc) is 3.55. The molecule has 2 amide bonds. The molecule has 2 unspecified atom stereocenters. The minimum absolute atomic E-state index is 0.00589. The standard InChI is InChI=1S/C23H30N4O4/c1-26(10-7-16-12-24-25-13-16)21(29)19-18-6-9-23(31-18)14-27(22(30)20(19)23)17-4-2-15(3-5-17)8-11-28/h2-6,9,16,18-20,24-25,28H,7-8,10-14H2,1H3/t18-,19?,20?,23-/m1/s1. The van der Waals surface area contributed by atoms with Crippen molar-refractivity contribution in [3.05, 3.63) is 42.0 Å². The van der Waals surface area contributed by atoms with Crippen LogP contribution in [0, 0.1) is 17.8 Å². The topological polar surface area (TPSA) is 94.1 Å². The van der Waals surface area contributed by atoms with Gasteiger partial charge in [-0.1, -0.05) is 24.3 Å². The van der Waals surface area contributed by atoms with Gasteiger partial charge in [0.05, 0.1) is 24.5 Å². The van der Waals surface area contributed by atoms with Gasteiger partial charge in [-0.05, 0) is 36.5 Å². The van der Waals surface area contributed by atoms with E-state index in [9.17, 15) is 9.59 Å². The number of anilines is 1. The van der Waals surface area contributed by atoms with Crippen molar-refractivity contribution in [1.29, 1.82) is 0 Å². The summed E-state index contributed by atoms with van der Waals surface area (Å²) in [6.45, 7) is 3.02. The second kappa shape index (κ2) is 8.02. The quantitative estimate of drug-likeness (QED) is 0.535. The van der Waals surface area contributed by atoms with Crippen molar-refractivity contribution in [3.63, 3.8) is 0 Å². The molecule has 1 aromatic rings. The van der Waals surface area contributed by atoms with Gasteiger partial charge >= 0.3 is 0 Å². The number of rotatable bonds is 7. The third-order valence-electron chi connectivity index (χ3n) is 7.19. The molecule has 4 heterocycles. The van der Waals surface area contributed by atoms with E-state index in [2.05, 4.69) is 10.9 Å². The molecule has 2 bridgehead atoms. The van der Waals surface area contributed by atoms with Gasteiger partial charge in [0.25, 0.3) is 0 Å². The minimum atomic E-state index is -0.716. The van der Waals surface area contributed by atoms with Crippen molar-refractivity contribution in [1.82, 2.24) is 15.8 Å². The van der Waals surface area contributed by atoms with E-state index in [4.69, 9.17) is 9.84 Å². The second-order valence-electron chi connectivity index (χ2n) is 9.14. The molecule has 4 atom stereocenters. The number of ether oxygens (including phenoxy) is 1. The molecule has 0 saturated carbocycles. The van der Waals surface area contributed by atoms with E-state index in [0.29, 0.717) is 25.4 Å². The van der Waals surface area contributed by atoms with E-state index < -0.39 is 17.4 Å². The summed E-state index contributed by atoms with van der Waals surface area (Å²) in [5, 5.41) is 9.12. The number of aliphatic hydroxyl groups is 1. The van der Waals surface area contributed by atoms with Gasteiger partial charge in [-0.15, -0.1) is 0 Å². The summed E-state index contributed by atoms with van der Waals surface area (Å²) in [5.41, 5.74) is 7.36. The smallest absolute Gasteiger partial charge is 0.234 e. The summed E-state index contributed by atoms with van der Waals surface area (Å²) in [6.07, 6.45) is 5.13. The number of hydrogen-bond acceptors (Lipinski definition) is 6. The molecular weight excluding hydrogens is 396 g/mol. The first-order chi connectivity index (χ1) is 15.0. The molecule has 8 heteroatoms. The summed E-state index contributed by atoms with van der Waals surface area (Å²) in [6, 6.07) is 7.68. The van der Waals surface area contributed by atoms with Crippen LogP contribution in [-0.2, 0) is 20.7 Å². The molecule has 166 valence electrons. The Balaban J connectivity index is 1.32. The van der Waals surface area contributed by atoms with Crippen LogP contribution in [0.5, 0.6) is 0 Å². The van der Waals surface area contributed by atoms with Gasteiger partial charge in [0, 0.05) is 39.0 Å². The van der Waals surface area contributed by atoms with Crippen molar-refractivity contribution in [2.24, 2.45) is 17.8 Å². The second-order valence-corrected chi connectivity index (χ2v) is 9.14. The molecule has 3 saturated heterocycles. The van der Waals surface area contributed by atoms with Gasteiger partial charge in [-0.2, -0.15) is 0 Å². The molecule has 1 spiro atoms. The third-order valence-corrected chi connectivity index (χ3v) is 7.19. The number of hydrogen-bond donors (Lipinski definition) is 3. The zero-order chi connectivity index (χ0) is 21.6. The molecule has 4 aliphatic heterocycles. The summed E-state index contributed by atoms with van der Waals surface area (Å²) < 4.78 is 6.26. The van der Waals surface area contributed by atoms with Gasteiger partial charge in [0.15, 0.2) is 0 Å². The fourth-order valence-electron chi connectivity index (χ4n) is 5.42. The zero-order valence-electron chi connectivity index (χ0n) is 17.8. The lowest BCUT2D eigenvalue weighted by molar-refractivity contribution is -0.139. The maximum Gasteiger partial charge on any atom is 0.234 e. The number of aliphatic hydroxyl groups excluding tert-OH is 1. The molecule has 0 aromatic heterocycles. The van der Waals surface area contributed by atoms with Crippen molar-refractivity contribution in [2.75, 3.05) is 44.7 Å². The Labute approximate surface area is 182 Å². The molecular formula is C23H30N4O4. The first kappa shape index (κ1) is 20.6. The Morgan fingerprint density at radius 1 is 1.29 bits per heavy atom. The molecule has 1 aromatic carbocycles. The maximum absolute atomic E-state index is 13.5. The molecule has 3 N–H and O–H groups in total. The Morgan fingerprint density at radius 2 is 2.03 bits per heavy atom. The van der Waals surface area contributed by atoms with Gasteiger partial charge in [0.1, 0.15) is 5.60 Å². The number of amides is 2. The number of nitrogens with one attached hydrogen (secondary N) is 2.